The summed E-state index contributed by atoms with van der Waals surface area (Å²) in [6.45, 7) is 2.15. The predicted molar refractivity (Wildman–Crippen MR) is 52.6 cm³/mol. The molecule has 4 rings (SSSR count). The van der Waals surface area contributed by atoms with Crippen LogP contribution in [0.3, 0.4) is 0 Å². The predicted octanol–water partition coefficient (Wildman–Crippen LogP) is 0.534. The van der Waals surface area contributed by atoms with Gasteiger partial charge in [-0.15, -0.1) is 0 Å². The molecule has 4 fully saturated rings. The van der Waals surface area contributed by atoms with Gasteiger partial charge in [0.1, 0.15) is 0 Å². The maximum Gasteiger partial charge on any atom is 0.0697 e. The molecule has 4 N–H and O–H groups in total. The van der Waals surface area contributed by atoms with E-state index >= 15 is 0 Å². The maximum absolute atomic E-state index is 10.4. The molecule has 2 atom stereocenters. The Morgan fingerprint density at radius 1 is 0.857 bits per heavy atom. The van der Waals surface area contributed by atoms with Crippen molar-refractivity contribution < 1.29 is 10.2 Å². The molecule has 0 aliphatic heterocycles. The third-order valence-electron chi connectivity index (χ3n) is 4.31. The van der Waals surface area contributed by atoms with Gasteiger partial charge >= 0.3 is 0 Å². The fourth-order valence-electron chi connectivity index (χ4n) is 5.11. The Kier molecular flexibility index (Phi) is 1.33. The lowest BCUT2D eigenvalue weighted by atomic mass is 9.44. The van der Waals surface area contributed by atoms with Crippen LogP contribution in [-0.4, -0.2) is 27.0 Å². The number of nitrogens with two attached hydrogens (primary N) is 1. The molecule has 2 unspecified atom stereocenters. The van der Waals surface area contributed by atoms with Crippen molar-refractivity contribution in [2.45, 2.75) is 62.2 Å². The van der Waals surface area contributed by atoms with E-state index < -0.39 is 11.2 Å². The fourth-order valence-corrected chi connectivity index (χ4v) is 5.11. The van der Waals surface area contributed by atoms with Crippen LogP contribution in [0.4, 0.5) is 0 Å². The summed E-state index contributed by atoms with van der Waals surface area (Å²) in [5.41, 5.74) is 4.63. The lowest BCUT2D eigenvalue weighted by Crippen LogP contribution is -2.71. The highest BCUT2D eigenvalue weighted by molar-refractivity contribution is 5.20. The second-order valence-corrected chi connectivity index (χ2v) is 6.68. The molecule has 3 nitrogen and oxygen atoms in total. The molecule has 0 amide bonds. The SMILES string of the molecule is CC12CC3(N)CC(O)(C1)CC(O)(C2)C3. The first-order valence-electron chi connectivity index (χ1n) is 5.48. The molecule has 3 heteroatoms. The maximum atomic E-state index is 10.4. The summed E-state index contributed by atoms with van der Waals surface area (Å²) in [6, 6.07) is 0. The first-order valence-corrected chi connectivity index (χ1v) is 5.48. The van der Waals surface area contributed by atoms with Crippen LogP contribution in [0.2, 0.25) is 0 Å². The van der Waals surface area contributed by atoms with E-state index in [0.29, 0.717) is 19.3 Å². The summed E-state index contributed by atoms with van der Waals surface area (Å²) in [6.07, 6.45) is 4.50. The third-order valence-corrected chi connectivity index (χ3v) is 4.31. The Morgan fingerprint density at radius 2 is 1.36 bits per heavy atom. The van der Waals surface area contributed by atoms with Crippen LogP contribution in [-0.2, 0) is 0 Å². The highest BCUT2D eigenvalue weighted by Crippen LogP contribution is 2.63. The van der Waals surface area contributed by atoms with Crippen LogP contribution in [0.25, 0.3) is 0 Å². The Balaban J connectivity index is 2.08. The molecule has 0 heterocycles. The monoisotopic (exact) mass is 197 g/mol. The normalized spacial score (nSPS) is 66.0. The quantitative estimate of drug-likeness (QED) is 0.531. The number of aliphatic hydroxyl groups is 2. The average molecular weight is 197 g/mol. The van der Waals surface area contributed by atoms with Gasteiger partial charge in [0.25, 0.3) is 0 Å². The van der Waals surface area contributed by atoms with E-state index in [4.69, 9.17) is 5.73 Å². The first-order chi connectivity index (χ1) is 6.24. The van der Waals surface area contributed by atoms with E-state index in [9.17, 15) is 10.2 Å². The van der Waals surface area contributed by atoms with Gasteiger partial charge in [-0.05, 0) is 37.5 Å². The molecule has 80 valence electrons. The molecule has 4 aliphatic rings. The summed E-state index contributed by atoms with van der Waals surface area (Å²) < 4.78 is 0. The van der Waals surface area contributed by atoms with Crippen molar-refractivity contribution in [2.75, 3.05) is 0 Å². The van der Waals surface area contributed by atoms with Gasteiger partial charge in [0.2, 0.25) is 0 Å². The van der Waals surface area contributed by atoms with E-state index in [-0.39, 0.29) is 11.0 Å². The minimum absolute atomic E-state index is 0.0625. The van der Waals surface area contributed by atoms with Gasteiger partial charge in [0, 0.05) is 12.0 Å². The van der Waals surface area contributed by atoms with E-state index in [1.165, 1.54) is 0 Å². The molecular weight excluding hydrogens is 178 g/mol. The van der Waals surface area contributed by atoms with Crippen LogP contribution >= 0.6 is 0 Å². The van der Waals surface area contributed by atoms with Crippen LogP contribution in [0.5, 0.6) is 0 Å². The van der Waals surface area contributed by atoms with E-state index in [1.54, 1.807) is 0 Å². The van der Waals surface area contributed by atoms with E-state index in [1.807, 2.05) is 0 Å². The first kappa shape index (κ1) is 9.13. The standard InChI is InChI=1S/C11H19NO2/c1-8-2-9(12)5-10(13,3-8)7-11(14,4-8)6-9/h13-14H,2-7,12H2,1H3. The van der Waals surface area contributed by atoms with Crippen molar-refractivity contribution in [2.24, 2.45) is 11.1 Å². The Bertz CT molecular complexity index is 206. The molecule has 4 saturated carbocycles. The molecule has 0 spiro atoms. The summed E-state index contributed by atoms with van der Waals surface area (Å²) in [5.74, 6) is 0. The molecule has 0 aromatic heterocycles. The zero-order valence-corrected chi connectivity index (χ0v) is 8.71. The fraction of sp³-hybridized carbons (Fsp3) is 1.00. The molecule has 4 aliphatic carbocycles. The Morgan fingerprint density at radius 3 is 1.71 bits per heavy atom. The Hall–Kier alpha value is -0.120. The van der Waals surface area contributed by atoms with E-state index in [0.717, 1.165) is 19.3 Å². The highest BCUT2D eigenvalue weighted by Gasteiger charge is 2.65. The largest absolute Gasteiger partial charge is 0.390 e. The smallest absolute Gasteiger partial charge is 0.0697 e. The third kappa shape index (κ3) is 1.09. The van der Waals surface area contributed by atoms with Crippen molar-refractivity contribution in [3.05, 3.63) is 0 Å². The van der Waals surface area contributed by atoms with Crippen LogP contribution < -0.4 is 5.73 Å². The number of hydrogen-bond acceptors (Lipinski definition) is 3. The molecule has 0 aromatic carbocycles. The molecule has 14 heavy (non-hydrogen) atoms. The molecule has 4 bridgehead atoms. The van der Waals surface area contributed by atoms with Gasteiger partial charge in [-0.1, -0.05) is 6.92 Å². The zero-order chi connectivity index (χ0) is 10.2. The summed E-state index contributed by atoms with van der Waals surface area (Å²) in [5, 5.41) is 20.7. The molecule has 0 aromatic rings. The minimum atomic E-state index is -0.688. The number of hydrogen-bond donors (Lipinski definition) is 3. The Labute approximate surface area is 84.3 Å². The summed E-state index contributed by atoms with van der Waals surface area (Å²) in [4.78, 5) is 0. The van der Waals surface area contributed by atoms with Crippen molar-refractivity contribution >= 4 is 0 Å². The van der Waals surface area contributed by atoms with Gasteiger partial charge in [-0.3, -0.25) is 0 Å². The lowest BCUT2D eigenvalue weighted by Gasteiger charge is -2.66. The average Bonchev–Trinajstić information content (AvgIpc) is 1.67. The molecule has 0 saturated heterocycles. The van der Waals surface area contributed by atoms with Crippen LogP contribution in [0.1, 0.15) is 45.4 Å². The van der Waals surface area contributed by atoms with Gasteiger partial charge < -0.3 is 15.9 Å². The summed E-state index contributed by atoms with van der Waals surface area (Å²) in [7, 11) is 0. The van der Waals surface area contributed by atoms with Gasteiger partial charge in [0.05, 0.1) is 11.2 Å². The topological polar surface area (TPSA) is 66.5 Å². The number of rotatable bonds is 0. The van der Waals surface area contributed by atoms with Crippen molar-refractivity contribution in [1.29, 1.82) is 0 Å². The second-order valence-electron chi connectivity index (χ2n) is 6.68. The van der Waals surface area contributed by atoms with Crippen molar-refractivity contribution in [3.63, 3.8) is 0 Å². The van der Waals surface area contributed by atoms with Crippen molar-refractivity contribution in [3.8, 4) is 0 Å². The van der Waals surface area contributed by atoms with Crippen molar-refractivity contribution in [1.82, 2.24) is 0 Å². The zero-order valence-electron chi connectivity index (χ0n) is 8.71. The van der Waals surface area contributed by atoms with Gasteiger partial charge in [-0.25, -0.2) is 0 Å². The minimum Gasteiger partial charge on any atom is -0.390 e. The van der Waals surface area contributed by atoms with Crippen LogP contribution in [0, 0.1) is 5.41 Å². The van der Waals surface area contributed by atoms with Crippen LogP contribution in [0.15, 0.2) is 0 Å². The second kappa shape index (κ2) is 2.04. The van der Waals surface area contributed by atoms with E-state index in [2.05, 4.69) is 6.92 Å². The lowest BCUT2D eigenvalue weighted by molar-refractivity contribution is -0.231. The van der Waals surface area contributed by atoms with Gasteiger partial charge in [-0.2, -0.15) is 0 Å². The molecular formula is C11H19NO2. The summed E-state index contributed by atoms with van der Waals surface area (Å²) >= 11 is 0. The van der Waals surface area contributed by atoms with Gasteiger partial charge in [0.15, 0.2) is 0 Å². The highest BCUT2D eigenvalue weighted by atomic mass is 16.3. The molecule has 0 radical (unpaired) electrons.